The summed E-state index contributed by atoms with van der Waals surface area (Å²) < 4.78 is 13.5. The number of halogens is 1. The number of benzene rings is 2. The van der Waals surface area contributed by atoms with E-state index in [-0.39, 0.29) is 5.56 Å². The summed E-state index contributed by atoms with van der Waals surface area (Å²) in [5.41, 5.74) is 1.61. The van der Waals surface area contributed by atoms with Gasteiger partial charge in [-0.3, -0.25) is 14.9 Å². The van der Waals surface area contributed by atoms with Crippen LogP contribution in [0.2, 0.25) is 0 Å². The van der Waals surface area contributed by atoms with Crippen LogP contribution in [0.4, 0.5) is 15.8 Å². The largest absolute Gasteiger partial charge is 0.322 e. The zero-order chi connectivity index (χ0) is 22.7. The molecular weight excluding hydrogens is 411 g/mol. The monoisotopic (exact) mass is 440 g/mol. The number of nitrogens with zero attached hydrogens (tertiary/aromatic N) is 3. The second-order valence-corrected chi connectivity index (χ2v) is 8.97. The van der Waals surface area contributed by atoms with Gasteiger partial charge in [-0.1, -0.05) is 19.1 Å². The van der Waals surface area contributed by atoms with E-state index in [9.17, 15) is 19.3 Å². The Morgan fingerprint density at radius 3 is 2.47 bits per heavy atom. The van der Waals surface area contributed by atoms with Gasteiger partial charge in [0.1, 0.15) is 0 Å². The number of nitrogens with one attached hydrogen (secondary N) is 1. The quantitative estimate of drug-likeness (QED) is 0.521. The molecule has 2 fully saturated rings. The van der Waals surface area contributed by atoms with Gasteiger partial charge in [0.25, 0.3) is 5.91 Å². The fourth-order valence-corrected chi connectivity index (χ4v) is 4.89. The second-order valence-electron chi connectivity index (χ2n) is 8.97. The van der Waals surface area contributed by atoms with Gasteiger partial charge in [-0.15, -0.1) is 0 Å². The molecule has 2 heterocycles. The number of nitro benzene ring substituents is 1. The van der Waals surface area contributed by atoms with Gasteiger partial charge in [-0.05, 0) is 74.1 Å². The molecule has 8 heteroatoms. The van der Waals surface area contributed by atoms with E-state index in [0.717, 1.165) is 38.2 Å². The molecule has 0 aliphatic carbocycles. The van der Waals surface area contributed by atoms with Gasteiger partial charge in [0.2, 0.25) is 5.82 Å². The van der Waals surface area contributed by atoms with E-state index < -0.39 is 22.3 Å². The highest BCUT2D eigenvalue weighted by atomic mass is 19.1. The Morgan fingerprint density at radius 1 is 1.12 bits per heavy atom. The SMILES string of the molecule is CCN1CCC2(CCN(CCc3ccc(NC(=O)c4ccc(F)c([N+](=O)[O-])c4)cc3)C2)C1. The zero-order valence-electron chi connectivity index (χ0n) is 18.3. The van der Waals surface area contributed by atoms with Gasteiger partial charge in [0.05, 0.1) is 4.92 Å². The molecule has 1 atom stereocenters. The van der Waals surface area contributed by atoms with Crippen molar-refractivity contribution in [2.45, 2.75) is 26.2 Å². The lowest BCUT2D eigenvalue weighted by molar-refractivity contribution is -0.387. The molecule has 2 aliphatic rings. The molecule has 2 saturated heterocycles. The highest BCUT2D eigenvalue weighted by Crippen LogP contribution is 2.39. The maximum absolute atomic E-state index is 13.5. The molecule has 1 unspecified atom stereocenters. The Bertz CT molecular complexity index is 997. The third kappa shape index (κ3) is 4.97. The Morgan fingerprint density at radius 2 is 1.81 bits per heavy atom. The van der Waals surface area contributed by atoms with E-state index in [4.69, 9.17) is 0 Å². The summed E-state index contributed by atoms with van der Waals surface area (Å²) in [4.78, 5) is 27.5. The third-order valence-electron chi connectivity index (χ3n) is 6.82. The summed E-state index contributed by atoms with van der Waals surface area (Å²) >= 11 is 0. The maximum atomic E-state index is 13.5. The first kappa shape index (κ1) is 22.4. The average molecular weight is 441 g/mol. The van der Waals surface area contributed by atoms with E-state index in [1.165, 1.54) is 44.1 Å². The molecule has 4 rings (SSSR count). The Hall–Kier alpha value is -2.84. The highest BCUT2D eigenvalue weighted by molar-refractivity contribution is 6.04. The standard InChI is InChI=1S/C24H29FN4O3/c1-2-27-13-10-24(16-27)11-14-28(17-24)12-9-18-3-6-20(7-4-18)26-23(30)19-5-8-21(25)22(15-19)29(31)32/h3-8,15H,2,9-14,16-17H2,1H3,(H,26,30). The molecule has 7 nitrogen and oxygen atoms in total. The number of hydrogen-bond donors (Lipinski definition) is 1. The normalized spacial score (nSPS) is 21.3. The number of amides is 1. The molecule has 0 aromatic heterocycles. The van der Waals surface area contributed by atoms with Crippen molar-refractivity contribution in [1.29, 1.82) is 0 Å². The molecular formula is C24H29FN4O3. The summed E-state index contributed by atoms with van der Waals surface area (Å²) in [5, 5.41) is 13.6. The summed E-state index contributed by atoms with van der Waals surface area (Å²) in [5.74, 6) is -1.48. The molecule has 1 N–H and O–H groups in total. The van der Waals surface area contributed by atoms with Crippen LogP contribution in [-0.2, 0) is 6.42 Å². The van der Waals surface area contributed by atoms with Crippen LogP contribution in [0, 0.1) is 21.3 Å². The first-order chi connectivity index (χ1) is 15.4. The Labute approximate surface area is 187 Å². The van der Waals surface area contributed by atoms with Crippen molar-refractivity contribution in [1.82, 2.24) is 9.80 Å². The number of hydrogen-bond acceptors (Lipinski definition) is 5. The van der Waals surface area contributed by atoms with Gasteiger partial charge in [-0.25, -0.2) is 0 Å². The Kier molecular flexibility index (Phi) is 6.53. The van der Waals surface area contributed by atoms with Crippen molar-refractivity contribution in [3.8, 4) is 0 Å². The lowest BCUT2D eigenvalue weighted by atomic mass is 9.86. The molecule has 1 spiro atoms. The molecule has 170 valence electrons. The fraction of sp³-hybridized carbons (Fsp3) is 0.458. The van der Waals surface area contributed by atoms with Gasteiger partial charge >= 0.3 is 5.69 Å². The number of anilines is 1. The van der Waals surface area contributed by atoms with Crippen LogP contribution in [0.3, 0.4) is 0 Å². The van der Waals surface area contributed by atoms with Crippen molar-refractivity contribution in [2.75, 3.05) is 44.6 Å². The number of carbonyl (C=O) groups excluding carboxylic acids is 1. The molecule has 0 bridgehead atoms. The lowest BCUT2D eigenvalue weighted by Crippen LogP contribution is -2.31. The number of nitro groups is 1. The molecule has 2 aliphatic heterocycles. The first-order valence-corrected chi connectivity index (χ1v) is 11.2. The third-order valence-corrected chi connectivity index (χ3v) is 6.82. The molecule has 2 aromatic rings. The lowest BCUT2D eigenvalue weighted by Gasteiger charge is -2.24. The average Bonchev–Trinajstić information content (AvgIpc) is 3.39. The summed E-state index contributed by atoms with van der Waals surface area (Å²) in [6, 6.07) is 10.8. The molecule has 1 amide bonds. The van der Waals surface area contributed by atoms with Crippen LogP contribution in [0.1, 0.15) is 35.7 Å². The van der Waals surface area contributed by atoms with Crippen LogP contribution >= 0.6 is 0 Å². The summed E-state index contributed by atoms with van der Waals surface area (Å²) in [6.07, 6.45) is 3.55. The van der Waals surface area contributed by atoms with Crippen LogP contribution < -0.4 is 5.32 Å². The van der Waals surface area contributed by atoms with Crippen LogP contribution in [0.25, 0.3) is 0 Å². The van der Waals surface area contributed by atoms with Gasteiger partial charge in [-0.2, -0.15) is 4.39 Å². The van der Waals surface area contributed by atoms with Crippen molar-refractivity contribution in [3.63, 3.8) is 0 Å². The second kappa shape index (κ2) is 9.34. The highest BCUT2D eigenvalue weighted by Gasteiger charge is 2.42. The van der Waals surface area contributed by atoms with E-state index in [1.54, 1.807) is 0 Å². The molecule has 32 heavy (non-hydrogen) atoms. The van der Waals surface area contributed by atoms with Crippen molar-refractivity contribution >= 4 is 17.3 Å². The minimum absolute atomic E-state index is 0.0405. The van der Waals surface area contributed by atoms with Crippen molar-refractivity contribution in [2.24, 2.45) is 5.41 Å². The predicted molar refractivity (Wildman–Crippen MR) is 121 cm³/mol. The minimum atomic E-state index is -0.963. The molecule has 0 radical (unpaired) electrons. The van der Waals surface area contributed by atoms with E-state index in [2.05, 4.69) is 22.0 Å². The van der Waals surface area contributed by atoms with Gasteiger partial charge < -0.3 is 15.1 Å². The summed E-state index contributed by atoms with van der Waals surface area (Å²) in [6.45, 7) is 9.20. The number of carbonyl (C=O) groups is 1. The van der Waals surface area contributed by atoms with E-state index in [0.29, 0.717) is 11.1 Å². The van der Waals surface area contributed by atoms with Crippen molar-refractivity contribution < 1.29 is 14.1 Å². The Balaban J connectivity index is 1.29. The predicted octanol–water partition coefficient (Wildman–Crippen LogP) is 3.95. The topological polar surface area (TPSA) is 78.7 Å². The van der Waals surface area contributed by atoms with Crippen LogP contribution in [0.15, 0.2) is 42.5 Å². The van der Waals surface area contributed by atoms with Gasteiger partial charge in [0.15, 0.2) is 0 Å². The van der Waals surface area contributed by atoms with Gasteiger partial charge in [0, 0.05) is 37.0 Å². The maximum Gasteiger partial charge on any atom is 0.305 e. The number of rotatable bonds is 7. The fourth-order valence-electron chi connectivity index (χ4n) is 4.89. The molecule has 2 aromatic carbocycles. The van der Waals surface area contributed by atoms with E-state index >= 15 is 0 Å². The zero-order valence-corrected chi connectivity index (χ0v) is 18.3. The number of likely N-dealkylation sites (tertiary alicyclic amines) is 2. The van der Waals surface area contributed by atoms with Crippen molar-refractivity contribution in [3.05, 3.63) is 69.5 Å². The first-order valence-electron chi connectivity index (χ1n) is 11.2. The smallest absolute Gasteiger partial charge is 0.305 e. The summed E-state index contributed by atoms with van der Waals surface area (Å²) in [7, 11) is 0. The molecule has 0 saturated carbocycles. The van der Waals surface area contributed by atoms with E-state index in [1.807, 2.05) is 24.3 Å². The van der Waals surface area contributed by atoms with Crippen LogP contribution in [-0.4, -0.2) is 59.9 Å². The minimum Gasteiger partial charge on any atom is -0.322 e. The van der Waals surface area contributed by atoms with Crippen LogP contribution in [0.5, 0.6) is 0 Å².